The number of carbonyl (C=O) groups is 2. The summed E-state index contributed by atoms with van der Waals surface area (Å²) in [7, 11) is 0. The van der Waals surface area contributed by atoms with Crippen molar-refractivity contribution in [2.24, 2.45) is 0 Å². The largest absolute Gasteiger partial charge is 0.508 e. The van der Waals surface area contributed by atoms with Crippen molar-refractivity contribution in [1.82, 2.24) is 0 Å². The number of carbonyl (C=O) groups excluding carboxylic acids is 1. The number of esters is 1. The zero-order valence-electron chi connectivity index (χ0n) is 26.6. The molecule has 1 saturated heterocycles. The molecule has 7 N–H and O–H groups in total. The van der Waals surface area contributed by atoms with Gasteiger partial charge in [-0.05, 0) is 48.9 Å². The van der Waals surface area contributed by atoms with E-state index < -0.39 is 55.0 Å². The number of aromatic hydroxyl groups is 2. The molecule has 256 valence electrons. The van der Waals surface area contributed by atoms with E-state index in [1.165, 1.54) is 12.1 Å². The number of carboxylic acid groups (broad SMARTS) is 1. The molecule has 0 saturated carbocycles. The minimum atomic E-state index is -1.67. The van der Waals surface area contributed by atoms with Crippen molar-refractivity contribution in [3.8, 4) is 23.0 Å². The first kappa shape index (κ1) is 37.0. The van der Waals surface area contributed by atoms with Gasteiger partial charge in [0.05, 0.1) is 6.61 Å². The first-order chi connectivity index (χ1) is 22.0. The van der Waals surface area contributed by atoms with Gasteiger partial charge in [0.2, 0.25) is 6.29 Å². The highest BCUT2D eigenvalue weighted by Crippen LogP contribution is 2.36. The van der Waals surface area contributed by atoms with E-state index in [-0.39, 0.29) is 28.4 Å². The van der Waals surface area contributed by atoms with Crippen molar-refractivity contribution in [2.75, 3.05) is 6.61 Å². The molecule has 0 spiro atoms. The van der Waals surface area contributed by atoms with Crippen molar-refractivity contribution in [3.63, 3.8) is 0 Å². The molecular weight excluding hydrogens is 600 g/mol. The molecule has 12 nitrogen and oxygen atoms in total. The van der Waals surface area contributed by atoms with Crippen LogP contribution in [0.5, 0.6) is 23.0 Å². The first-order valence-corrected chi connectivity index (χ1v) is 16.2. The number of unbranched alkanes of at least 4 members (excludes halogenated alkanes) is 8. The number of phenols is 2. The normalized spacial score (nSPS) is 20.0. The van der Waals surface area contributed by atoms with E-state index in [0.717, 1.165) is 63.5 Å². The number of ether oxygens (including phenoxy) is 3. The fraction of sp³-hybridized carbons (Fsp3) is 0.588. The number of benzene rings is 2. The lowest BCUT2D eigenvalue weighted by Gasteiger charge is -2.21. The number of aryl methyl sites for hydroxylation is 2. The Morgan fingerprint density at radius 3 is 1.98 bits per heavy atom. The molecule has 2 aromatic rings. The molecular formula is C34H48O12. The molecule has 1 aliphatic heterocycles. The molecule has 46 heavy (non-hydrogen) atoms. The fourth-order valence-electron chi connectivity index (χ4n) is 5.65. The van der Waals surface area contributed by atoms with Gasteiger partial charge in [0.15, 0.2) is 0 Å². The lowest BCUT2D eigenvalue weighted by molar-refractivity contribution is -0.137. The average Bonchev–Trinajstić information content (AvgIpc) is 3.28. The van der Waals surface area contributed by atoms with E-state index in [1.54, 1.807) is 0 Å². The average molecular weight is 649 g/mol. The molecule has 0 amide bonds. The molecule has 0 unspecified atom stereocenters. The maximum atomic E-state index is 13.8. The maximum absolute atomic E-state index is 13.8. The van der Waals surface area contributed by atoms with Gasteiger partial charge < -0.3 is 50.0 Å². The molecule has 1 aliphatic rings. The summed E-state index contributed by atoms with van der Waals surface area (Å²) in [5, 5.41) is 71.1. The third-order valence-corrected chi connectivity index (χ3v) is 8.14. The van der Waals surface area contributed by atoms with Gasteiger partial charge in [-0.1, -0.05) is 65.2 Å². The molecule has 0 aliphatic carbocycles. The van der Waals surface area contributed by atoms with Gasteiger partial charge in [-0.2, -0.15) is 0 Å². The topological polar surface area (TPSA) is 203 Å². The summed E-state index contributed by atoms with van der Waals surface area (Å²) in [6.07, 6.45) is 2.16. The zero-order valence-corrected chi connectivity index (χ0v) is 26.6. The van der Waals surface area contributed by atoms with Crippen LogP contribution in [0.4, 0.5) is 0 Å². The highest BCUT2D eigenvalue weighted by molar-refractivity contribution is 5.97. The number of carboxylic acids is 1. The molecule has 2 aromatic carbocycles. The van der Waals surface area contributed by atoms with Gasteiger partial charge in [0, 0.05) is 12.1 Å². The summed E-state index contributed by atoms with van der Waals surface area (Å²) in [5.41, 5.74) is 0.323. The second kappa shape index (κ2) is 18.1. The SMILES string of the molecule is CCCCCCCc1cc(OC(=O)c2c(CCCCCCC)cc(O)cc2O[C@@H]2O[C@H]([C@@H](O)CO)[C@H](O)[C@H]2O)cc(O)c1C(=O)O. The third kappa shape index (κ3) is 9.79. The van der Waals surface area contributed by atoms with Crippen LogP contribution in [0, 0.1) is 0 Å². The Kier molecular flexibility index (Phi) is 14.5. The van der Waals surface area contributed by atoms with Crippen LogP contribution < -0.4 is 9.47 Å². The maximum Gasteiger partial charge on any atom is 0.347 e. The van der Waals surface area contributed by atoms with Gasteiger partial charge in [-0.3, -0.25) is 0 Å². The standard InChI is InChI=1S/C34H48O12/c1-3-5-7-9-11-13-20-15-22(36)17-26(45-34-30(40)29(39)31(46-34)25(38)19-35)28(20)33(43)44-23-16-21(14-12-10-8-6-4-2)27(32(41)42)24(37)18-23/h15-18,25,29-31,34-40H,3-14,19H2,1-2H3,(H,41,42)/t25-,29+,30+,31+,34+/m0/s1. The Morgan fingerprint density at radius 2 is 1.41 bits per heavy atom. The van der Waals surface area contributed by atoms with Gasteiger partial charge in [0.25, 0.3) is 0 Å². The molecule has 12 heteroatoms. The third-order valence-electron chi connectivity index (χ3n) is 8.14. The van der Waals surface area contributed by atoms with Crippen molar-refractivity contribution in [1.29, 1.82) is 0 Å². The van der Waals surface area contributed by atoms with Crippen LogP contribution in [-0.4, -0.2) is 85.0 Å². The van der Waals surface area contributed by atoms with E-state index in [0.29, 0.717) is 36.8 Å². The predicted molar refractivity (Wildman–Crippen MR) is 167 cm³/mol. The lowest BCUT2D eigenvalue weighted by Crippen LogP contribution is -2.40. The van der Waals surface area contributed by atoms with Gasteiger partial charge in [0.1, 0.15) is 58.5 Å². The summed E-state index contributed by atoms with van der Waals surface area (Å²) in [4.78, 5) is 25.7. The zero-order chi connectivity index (χ0) is 33.8. The summed E-state index contributed by atoms with van der Waals surface area (Å²) in [5.74, 6) is -3.36. The summed E-state index contributed by atoms with van der Waals surface area (Å²) < 4.78 is 17.0. The number of hydrogen-bond acceptors (Lipinski definition) is 11. The van der Waals surface area contributed by atoms with Crippen molar-refractivity contribution >= 4 is 11.9 Å². The van der Waals surface area contributed by atoms with Crippen LogP contribution in [0.15, 0.2) is 24.3 Å². The first-order valence-electron chi connectivity index (χ1n) is 16.2. The van der Waals surface area contributed by atoms with Gasteiger partial charge >= 0.3 is 11.9 Å². The predicted octanol–water partition coefficient (Wildman–Crippen LogP) is 4.22. The van der Waals surface area contributed by atoms with Crippen LogP contribution >= 0.6 is 0 Å². The highest BCUT2D eigenvalue weighted by Gasteiger charge is 2.47. The molecule has 0 radical (unpaired) electrons. The van der Waals surface area contributed by atoms with Gasteiger partial charge in [-0.15, -0.1) is 0 Å². The Bertz CT molecular complexity index is 1300. The minimum Gasteiger partial charge on any atom is -0.508 e. The molecule has 1 heterocycles. The summed E-state index contributed by atoms with van der Waals surface area (Å²) in [6.45, 7) is 3.43. The van der Waals surface area contributed by atoms with E-state index in [2.05, 4.69) is 13.8 Å². The molecule has 0 bridgehead atoms. The molecule has 5 atom stereocenters. The second-order valence-corrected chi connectivity index (χ2v) is 11.8. The summed E-state index contributed by atoms with van der Waals surface area (Å²) >= 11 is 0. The number of aromatic carboxylic acids is 1. The summed E-state index contributed by atoms with van der Waals surface area (Å²) in [6, 6.07) is 4.99. The number of aliphatic hydroxyl groups excluding tert-OH is 4. The van der Waals surface area contributed by atoms with Crippen LogP contribution in [0.2, 0.25) is 0 Å². The van der Waals surface area contributed by atoms with E-state index >= 15 is 0 Å². The van der Waals surface area contributed by atoms with Crippen LogP contribution in [0.25, 0.3) is 0 Å². The van der Waals surface area contributed by atoms with E-state index in [9.17, 15) is 45.3 Å². The van der Waals surface area contributed by atoms with Crippen molar-refractivity contribution in [2.45, 2.75) is 122 Å². The quantitative estimate of drug-likeness (QED) is 0.0650. The molecule has 1 fully saturated rings. The smallest absolute Gasteiger partial charge is 0.347 e. The monoisotopic (exact) mass is 648 g/mol. The Hall–Kier alpha value is -3.42. The Balaban J connectivity index is 1.96. The number of aliphatic hydroxyl groups is 4. The van der Waals surface area contributed by atoms with E-state index in [4.69, 9.17) is 14.2 Å². The van der Waals surface area contributed by atoms with Crippen LogP contribution in [0.3, 0.4) is 0 Å². The fourth-order valence-corrected chi connectivity index (χ4v) is 5.65. The van der Waals surface area contributed by atoms with Gasteiger partial charge in [-0.25, -0.2) is 9.59 Å². The number of phenolic OH excluding ortho intramolecular Hbond substituents is 1. The van der Waals surface area contributed by atoms with Crippen LogP contribution in [-0.2, 0) is 17.6 Å². The molecule has 0 aromatic heterocycles. The van der Waals surface area contributed by atoms with Crippen molar-refractivity contribution < 1.29 is 59.5 Å². The second-order valence-electron chi connectivity index (χ2n) is 11.8. The lowest BCUT2D eigenvalue weighted by atomic mass is 9.98. The molecule has 3 rings (SSSR count). The highest BCUT2D eigenvalue weighted by atomic mass is 16.7. The Morgan fingerprint density at radius 1 is 0.826 bits per heavy atom. The number of rotatable bonds is 19. The van der Waals surface area contributed by atoms with E-state index in [1.807, 2.05) is 0 Å². The minimum absolute atomic E-state index is 0.0947. The van der Waals surface area contributed by atoms with Crippen molar-refractivity contribution in [3.05, 3.63) is 46.5 Å². The Labute approximate surface area is 269 Å². The number of hydrogen-bond donors (Lipinski definition) is 7. The van der Waals surface area contributed by atoms with Crippen LogP contribution in [0.1, 0.15) is 110 Å².